The van der Waals surface area contributed by atoms with Crippen LogP contribution in [0.25, 0.3) is 26.8 Å². The fourth-order valence-corrected chi connectivity index (χ4v) is 4.58. The lowest BCUT2D eigenvalue weighted by molar-refractivity contribution is 0.0664. The number of carbonyl (C=O) groups is 1. The van der Waals surface area contributed by atoms with Crippen LogP contribution >= 0.6 is 22.9 Å². The van der Waals surface area contributed by atoms with Crippen molar-refractivity contribution in [3.8, 4) is 21.8 Å². The topological polar surface area (TPSA) is 53.7 Å². The summed E-state index contributed by atoms with van der Waals surface area (Å²) < 4.78 is 1.85. The molecule has 1 aliphatic rings. The average Bonchev–Trinajstić information content (AvgIpc) is 3.36. The van der Waals surface area contributed by atoms with E-state index in [-0.39, 0.29) is 5.91 Å². The lowest BCUT2D eigenvalue weighted by atomic mass is 10.1. The third-order valence-corrected chi connectivity index (χ3v) is 6.62. The van der Waals surface area contributed by atoms with Crippen LogP contribution in [0.3, 0.4) is 0 Å². The molecule has 0 aliphatic carbocycles. The van der Waals surface area contributed by atoms with Gasteiger partial charge in [0.15, 0.2) is 0 Å². The Kier molecular flexibility index (Phi) is 5.02. The van der Waals surface area contributed by atoms with Gasteiger partial charge in [0.05, 0.1) is 11.9 Å². The maximum atomic E-state index is 12.8. The molecule has 0 N–H and O–H groups in total. The lowest BCUT2D eigenvalue weighted by Crippen LogP contribution is -2.47. The highest BCUT2D eigenvalue weighted by Crippen LogP contribution is 2.30. The van der Waals surface area contributed by atoms with Crippen LogP contribution in [0.2, 0.25) is 5.02 Å². The summed E-state index contributed by atoms with van der Waals surface area (Å²) in [5.74, 6) is 0.0913. The van der Waals surface area contributed by atoms with Crippen molar-refractivity contribution in [2.24, 2.45) is 0 Å². The van der Waals surface area contributed by atoms with Gasteiger partial charge in [-0.15, -0.1) is 0 Å². The number of fused-ring (bicyclic) bond motifs is 1. The van der Waals surface area contributed by atoms with Crippen LogP contribution in [0.4, 0.5) is 0 Å². The minimum absolute atomic E-state index is 0.0913. The molecule has 0 bridgehead atoms. The maximum Gasteiger partial charge on any atom is 0.253 e. The Morgan fingerprint density at radius 2 is 1.63 bits per heavy atom. The van der Waals surface area contributed by atoms with E-state index in [9.17, 15) is 4.79 Å². The molecule has 0 spiro atoms. The summed E-state index contributed by atoms with van der Waals surface area (Å²) in [7, 11) is 2.08. The summed E-state index contributed by atoms with van der Waals surface area (Å²) >= 11 is 7.53. The molecule has 1 aliphatic heterocycles. The predicted molar refractivity (Wildman–Crippen MR) is 120 cm³/mol. The Morgan fingerprint density at radius 1 is 0.967 bits per heavy atom. The molecule has 2 aromatic carbocycles. The monoisotopic (exact) mass is 437 g/mol. The molecule has 0 radical (unpaired) electrons. The van der Waals surface area contributed by atoms with Gasteiger partial charge in [-0.2, -0.15) is 5.10 Å². The molecule has 1 saturated heterocycles. The molecule has 0 unspecified atom stereocenters. The van der Waals surface area contributed by atoms with Gasteiger partial charge in [0, 0.05) is 47.9 Å². The first-order valence-corrected chi connectivity index (χ1v) is 11.0. The molecular weight excluding hydrogens is 418 g/mol. The van der Waals surface area contributed by atoms with Crippen molar-refractivity contribution in [2.45, 2.75) is 0 Å². The van der Waals surface area contributed by atoms with Gasteiger partial charge in [-0.3, -0.25) is 4.79 Å². The zero-order chi connectivity index (χ0) is 20.7. The third-order valence-electron chi connectivity index (χ3n) is 5.39. The van der Waals surface area contributed by atoms with E-state index in [4.69, 9.17) is 16.7 Å². The van der Waals surface area contributed by atoms with E-state index in [0.29, 0.717) is 10.6 Å². The maximum absolute atomic E-state index is 12.8. The van der Waals surface area contributed by atoms with Gasteiger partial charge in [-0.25, -0.2) is 9.50 Å². The van der Waals surface area contributed by atoms with Gasteiger partial charge in [-0.1, -0.05) is 47.2 Å². The van der Waals surface area contributed by atoms with Gasteiger partial charge in [0.2, 0.25) is 4.96 Å². The van der Waals surface area contributed by atoms with Crippen LogP contribution in [0.15, 0.2) is 54.7 Å². The predicted octanol–water partition coefficient (Wildman–Crippen LogP) is 4.17. The van der Waals surface area contributed by atoms with Crippen LogP contribution in [-0.4, -0.2) is 63.5 Å². The van der Waals surface area contributed by atoms with Crippen LogP contribution in [0.1, 0.15) is 10.4 Å². The summed E-state index contributed by atoms with van der Waals surface area (Å²) in [6.07, 6.45) is 1.82. The van der Waals surface area contributed by atoms with E-state index in [1.807, 2.05) is 64.1 Å². The van der Waals surface area contributed by atoms with Gasteiger partial charge in [0.1, 0.15) is 5.01 Å². The minimum atomic E-state index is 0.0913. The van der Waals surface area contributed by atoms with Crippen molar-refractivity contribution >= 4 is 33.8 Å². The van der Waals surface area contributed by atoms with Crippen molar-refractivity contribution < 1.29 is 4.79 Å². The first-order valence-electron chi connectivity index (χ1n) is 9.77. The van der Waals surface area contributed by atoms with Crippen molar-refractivity contribution in [3.05, 3.63) is 65.3 Å². The molecule has 152 valence electrons. The Labute approximate surface area is 183 Å². The Balaban J connectivity index is 1.39. The lowest BCUT2D eigenvalue weighted by Gasteiger charge is -2.32. The second-order valence-corrected chi connectivity index (χ2v) is 8.82. The highest BCUT2D eigenvalue weighted by molar-refractivity contribution is 7.19. The molecule has 6 nitrogen and oxygen atoms in total. The number of amides is 1. The highest BCUT2D eigenvalue weighted by Gasteiger charge is 2.20. The number of nitrogens with zero attached hydrogens (tertiary/aromatic N) is 5. The number of hydrogen-bond acceptors (Lipinski definition) is 5. The zero-order valence-corrected chi connectivity index (χ0v) is 18.0. The van der Waals surface area contributed by atoms with Crippen LogP contribution < -0.4 is 0 Å². The van der Waals surface area contributed by atoms with Gasteiger partial charge in [0.25, 0.3) is 5.91 Å². The van der Waals surface area contributed by atoms with E-state index in [2.05, 4.69) is 16.9 Å². The summed E-state index contributed by atoms with van der Waals surface area (Å²) in [6, 6.07) is 15.3. The van der Waals surface area contributed by atoms with E-state index < -0.39 is 0 Å². The largest absolute Gasteiger partial charge is 0.336 e. The summed E-state index contributed by atoms with van der Waals surface area (Å²) in [5, 5.41) is 6.32. The van der Waals surface area contributed by atoms with Gasteiger partial charge >= 0.3 is 0 Å². The highest BCUT2D eigenvalue weighted by atomic mass is 35.5. The van der Waals surface area contributed by atoms with Gasteiger partial charge < -0.3 is 9.80 Å². The summed E-state index contributed by atoms with van der Waals surface area (Å²) in [4.78, 5) is 22.2. The summed E-state index contributed by atoms with van der Waals surface area (Å²) in [5.41, 5.74) is 3.62. The first-order chi connectivity index (χ1) is 14.6. The molecule has 3 heterocycles. The molecule has 5 rings (SSSR count). The number of piperazine rings is 1. The van der Waals surface area contributed by atoms with Crippen molar-refractivity contribution in [1.82, 2.24) is 24.4 Å². The second-order valence-electron chi connectivity index (χ2n) is 7.42. The SMILES string of the molecule is CN1CCN(C(=O)c2ccc(-c3nn4c(-c5ccc(Cl)cc5)cnc4s3)cc2)CC1. The molecular formula is C22H20ClN5OS. The van der Waals surface area contributed by atoms with E-state index in [1.54, 1.807) is 0 Å². The second kappa shape index (κ2) is 7.83. The van der Waals surface area contributed by atoms with Gasteiger partial charge in [-0.05, 0) is 31.3 Å². The van der Waals surface area contributed by atoms with E-state index >= 15 is 0 Å². The van der Waals surface area contributed by atoms with Crippen molar-refractivity contribution in [1.29, 1.82) is 0 Å². The van der Waals surface area contributed by atoms with Crippen molar-refractivity contribution in [2.75, 3.05) is 33.2 Å². The summed E-state index contributed by atoms with van der Waals surface area (Å²) in [6.45, 7) is 3.37. The molecule has 0 saturated carbocycles. The number of benzene rings is 2. The molecule has 1 fully saturated rings. The third kappa shape index (κ3) is 3.60. The molecule has 4 aromatic rings. The fraction of sp³-hybridized carbons (Fsp3) is 0.227. The zero-order valence-electron chi connectivity index (χ0n) is 16.5. The van der Waals surface area contributed by atoms with Crippen LogP contribution in [-0.2, 0) is 0 Å². The number of hydrogen-bond donors (Lipinski definition) is 0. The van der Waals surface area contributed by atoms with Crippen LogP contribution in [0, 0.1) is 0 Å². The van der Waals surface area contributed by atoms with E-state index in [1.165, 1.54) is 11.3 Å². The number of likely N-dealkylation sites (N-methyl/N-ethyl adjacent to an activating group) is 1. The van der Waals surface area contributed by atoms with E-state index in [0.717, 1.165) is 53.0 Å². The Bertz CT molecular complexity index is 1190. The number of aromatic nitrogens is 3. The average molecular weight is 438 g/mol. The Hall–Kier alpha value is -2.74. The Morgan fingerprint density at radius 3 is 2.33 bits per heavy atom. The van der Waals surface area contributed by atoms with Crippen molar-refractivity contribution in [3.63, 3.8) is 0 Å². The minimum Gasteiger partial charge on any atom is -0.336 e. The first kappa shape index (κ1) is 19.2. The molecule has 8 heteroatoms. The fourth-order valence-electron chi connectivity index (χ4n) is 3.57. The number of rotatable bonds is 3. The number of halogens is 1. The quantitative estimate of drug-likeness (QED) is 0.482. The normalized spacial score (nSPS) is 15.1. The molecule has 30 heavy (non-hydrogen) atoms. The standard InChI is InChI=1S/C22H20ClN5OS/c1-26-10-12-27(13-11-26)21(29)17-4-2-16(3-5-17)20-25-28-19(14-24-22(28)30-20)15-6-8-18(23)9-7-15/h2-9,14H,10-13H2,1H3. The molecule has 1 amide bonds. The smallest absolute Gasteiger partial charge is 0.253 e. The number of imidazole rings is 1. The molecule has 0 atom stereocenters. The number of carbonyl (C=O) groups excluding carboxylic acids is 1. The molecule has 2 aromatic heterocycles. The van der Waals surface area contributed by atoms with Crippen LogP contribution in [0.5, 0.6) is 0 Å².